The first kappa shape index (κ1) is 22.9. The number of benzene rings is 2. The van der Waals surface area contributed by atoms with Crippen LogP contribution in [0.4, 0.5) is 0 Å². The second kappa shape index (κ2) is 8.76. The highest BCUT2D eigenvalue weighted by Crippen LogP contribution is 2.33. The van der Waals surface area contributed by atoms with Crippen molar-refractivity contribution in [2.24, 2.45) is 5.92 Å². The molecule has 1 aliphatic carbocycles. The first-order chi connectivity index (χ1) is 14.0. The highest BCUT2D eigenvalue weighted by Gasteiger charge is 2.41. The van der Waals surface area contributed by atoms with Crippen molar-refractivity contribution >= 4 is 20.2 Å². The van der Waals surface area contributed by atoms with Gasteiger partial charge in [-0.3, -0.25) is 8.37 Å². The van der Waals surface area contributed by atoms with Crippen molar-refractivity contribution in [2.75, 3.05) is 0 Å². The average Bonchev–Trinajstić information content (AvgIpc) is 2.65. The zero-order valence-electron chi connectivity index (χ0n) is 17.1. The van der Waals surface area contributed by atoms with Gasteiger partial charge in [0, 0.05) is 18.8 Å². The summed E-state index contributed by atoms with van der Waals surface area (Å²) < 4.78 is 61.4. The number of hydrogen-bond acceptors (Lipinski definition) is 7. The minimum absolute atomic E-state index is 0.00473. The minimum atomic E-state index is -4.07. The largest absolute Gasteiger partial charge is 0.393 e. The van der Waals surface area contributed by atoms with E-state index in [1.807, 2.05) is 13.8 Å². The van der Waals surface area contributed by atoms with Gasteiger partial charge in [0.15, 0.2) is 0 Å². The van der Waals surface area contributed by atoms with Gasteiger partial charge in [-0.1, -0.05) is 42.3 Å². The van der Waals surface area contributed by atoms with Crippen LogP contribution in [-0.4, -0.2) is 40.3 Å². The zero-order chi connectivity index (χ0) is 22.1. The summed E-state index contributed by atoms with van der Waals surface area (Å²) in [6.45, 7) is 5.34. The SMILES string of the molecule is Cc1ccc(S(=O)(=O)OC2CC(O)CC(OS(=O)(=O)c3ccc(C)cc3)C2C)cc1. The van der Waals surface area contributed by atoms with E-state index in [2.05, 4.69) is 0 Å². The van der Waals surface area contributed by atoms with Crippen molar-refractivity contribution < 1.29 is 30.3 Å². The van der Waals surface area contributed by atoms with E-state index >= 15 is 0 Å². The fourth-order valence-electron chi connectivity index (χ4n) is 3.40. The van der Waals surface area contributed by atoms with Gasteiger partial charge in [-0.25, -0.2) is 0 Å². The lowest BCUT2D eigenvalue weighted by molar-refractivity contribution is -0.0403. The molecule has 9 heteroatoms. The molecule has 0 bridgehead atoms. The topological polar surface area (TPSA) is 107 Å². The Hall–Kier alpha value is -1.78. The summed E-state index contributed by atoms with van der Waals surface area (Å²) in [5.41, 5.74) is 1.82. The van der Waals surface area contributed by atoms with Crippen LogP contribution in [0.2, 0.25) is 0 Å². The molecule has 30 heavy (non-hydrogen) atoms. The van der Waals surface area contributed by atoms with Crippen LogP contribution in [0.5, 0.6) is 0 Å². The fraction of sp³-hybridized carbons (Fsp3) is 0.429. The van der Waals surface area contributed by atoms with Gasteiger partial charge >= 0.3 is 0 Å². The first-order valence-corrected chi connectivity index (χ1v) is 12.5. The van der Waals surface area contributed by atoms with Crippen molar-refractivity contribution in [2.45, 2.75) is 61.7 Å². The third-order valence-electron chi connectivity index (χ3n) is 5.30. The highest BCUT2D eigenvalue weighted by atomic mass is 32.2. The number of rotatable bonds is 6. The van der Waals surface area contributed by atoms with Gasteiger partial charge in [-0.15, -0.1) is 0 Å². The molecule has 0 amide bonds. The second-order valence-corrected chi connectivity index (χ2v) is 10.9. The summed E-state index contributed by atoms with van der Waals surface area (Å²) in [6, 6.07) is 12.4. The van der Waals surface area contributed by atoms with Gasteiger partial charge in [0.1, 0.15) is 0 Å². The number of aliphatic hydroxyl groups excluding tert-OH is 1. The molecule has 3 rings (SSSR count). The molecule has 0 saturated heterocycles. The monoisotopic (exact) mass is 454 g/mol. The molecule has 2 unspecified atom stereocenters. The van der Waals surface area contributed by atoms with Gasteiger partial charge < -0.3 is 5.11 Å². The van der Waals surface area contributed by atoms with Crippen molar-refractivity contribution in [3.05, 3.63) is 59.7 Å². The molecule has 7 nitrogen and oxygen atoms in total. The molecule has 1 fully saturated rings. The summed E-state index contributed by atoms with van der Waals surface area (Å²) in [5, 5.41) is 10.2. The molecule has 1 aliphatic rings. The van der Waals surface area contributed by atoms with Crippen LogP contribution in [-0.2, 0) is 28.6 Å². The van der Waals surface area contributed by atoms with E-state index in [-0.39, 0.29) is 22.6 Å². The summed E-state index contributed by atoms with van der Waals surface area (Å²) in [5.74, 6) is -0.575. The number of aliphatic hydroxyl groups is 1. The Labute approximate surface area is 177 Å². The number of hydrogen-bond donors (Lipinski definition) is 1. The van der Waals surface area contributed by atoms with Crippen LogP contribution < -0.4 is 0 Å². The Kier molecular flexibility index (Phi) is 6.69. The van der Waals surface area contributed by atoms with Crippen LogP contribution in [0.25, 0.3) is 0 Å². The van der Waals surface area contributed by atoms with E-state index < -0.39 is 44.5 Å². The molecule has 0 aliphatic heterocycles. The molecule has 2 aromatic rings. The maximum atomic E-state index is 12.6. The average molecular weight is 455 g/mol. The molecule has 1 N–H and O–H groups in total. The maximum absolute atomic E-state index is 12.6. The Morgan fingerprint density at radius 1 is 0.733 bits per heavy atom. The molecule has 2 atom stereocenters. The molecule has 2 aromatic carbocycles. The predicted octanol–water partition coefficient (Wildman–Crippen LogP) is 2.94. The molecule has 1 saturated carbocycles. The predicted molar refractivity (Wildman–Crippen MR) is 111 cm³/mol. The van der Waals surface area contributed by atoms with E-state index in [1.165, 1.54) is 24.3 Å². The number of aryl methyl sites for hydroxylation is 2. The van der Waals surface area contributed by atoms with Gasteiger partial charge in [-0.2, -0.15) is 16.8 Å². The summed E-state index contributed by atoms with van der Waals surface area (Å²) in [7, 11) is -8.15. The Morgan fingerprint density at radius 3 is 1.40 bits per heavy atom. The smallest absolute Gasteiger partial charge is 0.297 e. The van der Waals surface area contributed by atoms with Crippen LogP contribution in [0, 0.1) is 19.8 Å². The molecular weight excluding hydrogens is 428 g/mol. The van der Waals surface area contributed by atoms with Gasteiger partial charge in [0.25, 0.3) is 20.2 Å². The van der Waals surface area contributed by atoms with E-state index in [4.69, 9.17) is 8.37 Å². The minimum Gasteiger partial charge on any atom is -0.393 e. The third-order valence-corrected chi connectivity index (χ3v) is 8.00. The second-order valence-electron chi connectivity index (χ2n) is 7.79. The zero-order valence-corrected chi connectivity index (χ0v) is 18.7. The van der Waals surface area contributed by atoms with E-state index in [1.54, 1.807) is 31.2 Å². The highest BCUT2D eigenvalue weighted by molar-refractivity contribution is 7.87. The Bertz CT molecular complexity index is 988. The summed E-state index contributed by atoms with van der Waals surface area (Å²) in [6.07, 6.45) is -2.65. The van der Waals surface area contributed by atoms with Crippen molar-refractivity contribution in [1.29, 1.82) is 0 Å². The van der Waals surface area contributed by atoms with Gasteiger partial charge in [0.2, 0.25) is 0 Å². The van der Waals surface area contributed by atoms with Gasteiger partial charge in [-0.05, 0) is 38.1 Å². The maximum Gasteiger partial charge on any atom is 0.297 e. The lowest BCUT2D eigenvalue weighted by Crippen LogP contribution is -2.44. The third kappa shape index (κ3) is 5.28. The van der Waals surface area contributed by atoms with E-state index in [0.717, 1.165) is 11.1 Å². The van der Waals surface area contributed by atoms with Crippen molar-refractivity contribution in [1.82, 2.24) is 0 Å². The molecular formula is C21H26O7S2. The van der Waals surface area contributed by atoms with Crippen molar-refractivity contribution in [3.63, 3.8) is 0 Å². The summed E-state index contributed by atoms with van der Waals surface area (Å²) >= 11 is 0. The summed E-state index contributed by atoms with van der Waals surface area (Å²) in [4.78, 5) is 0.00946. The van der Waals surface area contributed by atoms with Crippen LogP contribution in [0.15, 0.2) is 58.3 Å². The van der Waals surface area contributed by atoms with E-state index in [9.17, 15) is 21.9 Å². The molecule has 0 radical (unpaired) electrons. The lowest BCUT2D eigenvalue weighted by Gasteiger charge is -2.37. The van der Waals surface area contributed by atoms with Crippen molar-refractivity contribution in [3.8, 4) is 0 Å². The van der Waals surface area contributed by atoms with Gasteiger partial charge in [0.05, 0.1) is 28.1 Å². The molecule has 0 spiro atoms. The lowest BCUT2D eigenvalue weighted by atomic mass is 9.84. The first-order valence-electron chi connectivity index (χ1n) is 9.66. The molecule has 0 heterocycles. The van der Waals surface area contributed by atoms with Crippen LogP contribution in [0.3, 0.4) is 0 Å². The Morgan fingerprint density at radius 2 is 1.07 bits per heavy atom. The quantitative estimate of drug-likeness (QED) is 0.669. The van der Waals surface area contributed by atoms with Crippen LogP contribution in [0.1, 0.15) is 30.9 Å². The van der Waals surface area contributed by atoms with Crippen LogP contribution >= 0.6 is 0 Å². The normalized spacial score (nSPS) is 25.2. The van der Waals surface area contributed by atoms with E-state index in [0.29, 0.717) is 0 Å². The molecule has 0 aromatic heterocycles. The molecule has 164 valence electrons. The standard InChI is InChI=1S/C21H26O7S2/c1-14-4-8-18(9-5-14)29(23,24)27-20-12-17(22)13-21(16(20)3)28-30(25,26)19-10-6-15(2)7-11-19/h4-11,16-17,20-22H,12-13H2,1-3H3. The Balaban J connectivity index is 1.78. The fourth-order valence-corrected chi connectivity index (χ4v) is 5.72.